The lowest BCUT2D eigenvalue weighted by Gasteiger charge is -2.39. The van der Waals surface area contributed by atoms with Gasteiger partial charge < -0.3 is 103 Å². The van der Waals surface area contributed by atoms with E-state index in [1.165, 1.54) is 53.6 Å². The first kappa shape index (κ1) is 101. The number of hydrogen-bond donors (Lipinski definition) is 19. The number of aliphatic hydroxyl groups is 1. The van der Waals surface area contributed by atoms with E-state index in [0.29, 0.717) is 36.0 Å². The summed E-state index contributed by atoms with van der Waals surface area (Å²) in [4.78, 5) is 224. The minimum absolute atomic E-state index is 0.0111. The van der Waals surface area contributed by atoms with Gasteiger partial charge in [0.25, 0.3) is 5.91 Å². The molecule has 1 aliphatic heterocycles. The predicted octanol–water partition coefficient (Wildman–Crippen LogP) is 2.72. The highest BCUT2D eigenvalue weighted by Crippen LogP contribution is 2.30. The summed E-state index contributed by atoms with van der Waals surface area (Å²) in [5.74, 6) is -17.3. The Kier molecular flexibility index (Phi) is 44.5. The van der Waals surface area contributed by atoms with Crippen molar-refractivity contribution in [2.45, 2.75) is 218 Å². The largest absolute Gasteiger partial charge is 0.508 e. The molecule has 0 aliphatic carbocycles. The minimum atomic E-state index is -2.00. The molecule has 12 atom stereocenters. The van der Waals surface area contributed by atoms with Crippen LogP contribution in [0.1, 0.15) is 176 Å². The Morgan fingerprint density at radius 2 is 1.24 bits per heavy atom. The van der Waals surface area contributed by atoms with Gasteiger partial charge in [0, 0.05) is 67.2 Å². The van der Waals surface area contributed by atoms with E-state index in [4.69, 9.17) is 14.6 Å². The number of rotatable bonds is 53. The van der Waals surface area contributed by atoms with Crippen LogP contribution in [0.5, 0.6) is 5.75 Å². The zero-order valence-electron chi connectivity index (χ0n) is 67.6. The summed E-state index contributed by atoms with van der Waals surface area (Å²) in [5.41, 5.74) is 5.85. The number of phenolic OH excluding ortho intramolecular Hbond substituents is 1. The number of nitrogens with zero attached hydrogens (tertiary/aromatic N) is 3. The number of urea groups is 2. The highest BCUT2D eigenvalue weighted by molar-refractivity contribution is 8.76. The molecule has 1 aromatic heterocycles. The van der Waals surface area contributed by atoms with Crippen LogP contribution in [-0.2, 0) is 91.2 Å². The summed E-state index contributed by atoms with van der Waals surface area (Å²) < 4.78 is 10.8. The van der Waals surface area contributed by atoms with Crippen LogP contribution in [0.3, 0.4) is 0 Å². The fourth-order valence-corrected chi connectivity index (χ4v) is 14.9. The van der Waals surface area contributed by atoms with E-state index in [1.54, 1.807) is 19.1 Å². The Labute approximate surface area is 703 Å². The molecule has 41 nitrogen and oxygen atoms in total. The van der Waals surface area contributed by atoms with Crippen LogP contribution >= 0.6 is 32.9 Å². The van der Waals surface area contributed by atoms with Gasteiger partial charge in [-0.15, -0.1) is 11.3 Å². The zero-order valence-corrected chi connectivity index (χ0v) is 70.0. The van der Waals surface area contributed by atoms with E-state index in [9.17, 15) is 117 Å². The number of carboxylic acids is 6. The molecule has 0 spiro atoms. The van der Waals surface area contributed by atoms with E-state index < -0.39 is 201 Å². The number of esters is 1. The molecule has 1 unspecified atom stereocenters. The number of hydrazine groups is 1. The van der Waals surface area contributed by atoms with Crippen LogP contribution in [0.25, 0.3) is 0 Å². The standard InChI is InChI=1S/C76H110N14O27S3/c1-8-14-62(100)117-40-90(70(106)63(42(5)9-2)86-68(105)55-16-11-13-28-89(55)7)56(41(3)4)36-57(92)69-83-53(38-118-69)67(104)79-47(32-44-21-23-48(91)24-22-44)31-43(6)64(101)87-88-76(115)116-29-30-119-120-39-54(73(111)112)82-66(103)52(35-61(98)99)81-65(102)51(34-60(96)97)80-58(93)33-45-17-19-46(20-18-45)37-78-74(113)77-27-12-10-15-49(71(107)108)84-75(114)85-50(72(109)110)25-26-59(94)95/h17-24,38,41-43,47,49-52,54-57,63,91-92H,8-16,25-37,39-40H2,1-7H3,(H,79,104)(H,80,93)(H,81,102)(H,82,103)(H,86,105)(H,87,101)(H,88,115)(H,94,95)(H,96,97)(H,98,99)(H,107,108)(H,109,110)(H,111,112)(H2,77,78,113)(H2,84,85,114)/t42?,43-,47+,49-,50-,51+,52+,54-,55+,56+,57+,63-/m0/s1. The lowest BCUT2D eigenvalue weighted by Crippen LogP contribution is -2.59. The summed E-state index contributed by atoms with van der Waals surface area (Å²) in [5, 5.41) is 102. The zero-order chi connectivity index (χ0) is 89.3. The summed E-state index contributed by atoms with van der Waals surface area (Å²) >= 11 is 0.985. The fraction of sp³-hybridized carbons (Fsp3) is 0.579. The number of aliphatic carboxylic acids is 6. The molecule has 1 saturated heterocycles. The van der Waals surface area contributed by atoms with Crippen LogP contribution in [-0.4, -0.2) is 256 Å². The van der Waals surface area contributed by atoms with Gasteiger partial charge >= 0.3 is 59.9 Å². The smallest absolute Gasteiger partial charge is 0.426 e. The second-order valence-corrected chi connectivity index (χ2v) is 32.5. The molecule has 2 heterocycles. The van der Waals surface area contributed by atoms with Gasteiger partial charge in [0.1, 0.15) is 65.4 Å². The summed E-state index contributed by atoms with van der Waals surface area (Å²) in [6.45, 7) is 10.8. The van der Waals surface area contributed by atoms with Gasteiger partial charge in [0.2, 0.25) is 35.4 Å². The summed E-state index contributed by atoms with van der Waals surface area (Å²) in [6.07, 6.45) is -2.19. The number of hydrogen-bond acceptors (Lipinski definition) is 26. The number of carboxylic acid groups (broad SMARTS) is 6. The molecule has 1 fully saturated rings. The number of nitrogens with one attached hydrogen (secondary N) is 11. The van der Waals surface area contributed by atoms with Crippen LogP contribution in [0, 0.1) is 17.8 Å². The van der Waals surface area contributed by atoms with Crippen molar-refractivity contribution < 1.29 is 132 Å². The van der Waals surface area contributed by atoms with Gasteiger partial charge in [0.05, 0.1) is 25.3 Å². The molecule has 3 aromatic rings. The Morgan fingerprint density at radius 3 is 1.83 bits per heavy atom. The van der Waals surface area contributed by atoms with Gasteiger partial charge in [-0.1, -0.05) is 112 Å². The Hall–Kier alpha value is -11.1. The van der Waals surface area contributed by atoms with Gasteiger partial charge in [-0.3, -0.25) is 63.1 Å². The van der Waals surface area contributed by atoms with Crippen LogP contribution in [0.2, 0.25) is 0 Å². The maximum Gasteiger partial charge on any atom is 0.426 e. The second-order valence-electron chi connectivity index (χ2n) is 28.9. The number of aromatic hydroxyl groups is 1. The fourth-order valence-electron chi connectivity index (χ4n) is 12.2. The number of unbranched alkanes of at least 4 members (excludes halogenated alkanes) is 1. The lowest BCUT2D eigenvalue weighted by atomic mass is 9.92. The van der Waals surface area contributed by atoms with Crippen molar-refractivity contribution in [1.82, 2.24) is 73.5 Å². The first-order valence-electron chi connectivity index (χ1n) is 38.9. The molecule has 12 amide bonds. The van der Waals surface area contributed by atoms with Crippen molar-refractivity contribution in [3.63, 3.8) is 0 Å². The second kappa shape index (κ2) is 52.7. The molecule has 1 aliphatic rings. The average Bonchev–Trinajstić information content (AvgIpc) is 0.977. The molecule has 0 radical (unpaired) electrons. The minimum Gasteiger partial charge on any atom is -0.508 e. The molecular formula is C76H110N14O27S3. The number of phenols is 1. The number of aliphatic hydroxyl groups excluding tert-OH is 1. The number of ether oxygens (including phenoxy) is 2. The maximum atomic E-state index is 14.8. The first-order valence-corrected chi connectivity index (χ1v) is 42.2. The van der Waals surface area contributed by atoms with Gasteiger partial charge in [-0.2, -0.15) is 0 Å². The van der Waals surface area contributed by atoms with Gasteiger partial charge in [-0.25, -0.2) is 39.2 Å². The summed E-state index contributed by atoms with van der Waals surface area (Å²) in [6, 6.07) is -1.21. The third kappa shape index (κ3) is 37.4. The molecular weight excluding hydrogens is 1640 g/mol. The molecule has 664 valence electrons. The lowest BCUT2D eigenvalue weighted by molar-refractivity contribution is -0.159. The highest BCUT2D eigenvalue weighted by atomic mass is 33.1. The Bertz CT molecular complexity index is 3970. The molecule has 120 heavy (non-hydrogen) atoms. The van der Waals surface area contributed by atoms with Crippen LogP contribution in [0.4, 0.5) is 14.4 Å². The van der Waals surface area contributed by atoms with Crippen molar-refractivity contribution >= 4 is 134 Å². The number of amides is 12. The third-order valence-corrected chi connectivity index (χ3v) is 22.4. The SMILES string of the molecule is CCCC(=O)OCN(C(=O)[C@@H](NC(=O)[C@H]1CCCCN1C)C(C)CC)[C@H](C[C@@H](O)c1nc(C(=O)N[C@@H](Cc2ccc(O)cc2)C[C@H](C)C(=O)NNC(=O)OCCSSC[C@H](NC(=O)[C@@H](CC(=O)O)NC(=O)[C@@H](CC(=O)O)NC(=O)Cc2ccc(CNC(=O)NCCCC[C@H](NC(=O)N[C@@H](CCC(=O)O)C(=O)O)C(=O)O)cc2)C(=O)O)cs1)C(C)C. The Balaban J connectivity index is 1.26. The topological polar surface area (TPSA) is 622 Å². The molecule has 0 bridgehead atoms. The van der Waals surface area contributed by atoms with E-state index in [0.717, 1.165) is 52.3 Å². The highest BCUT2D eigenvalue weighted by Gasteiger charge is 2.40. The van der Waals surface area contributed by atoms with Crippen molar-refractivity contribution in [3.8, 4) is 5.75 Å². The van der Waals surface area contributed by atoms with E-state index >= 15 is 0 Å². The van der Waals surface area contributed by atoms with Crippen molar-refractivity contribution in [2.75, 3.05) is 45.0 Å². The predicted molar refractivity (Wildman–Crippen MR) is 433 cm³/mol. The third-order valence-electron chi connectivity index (χ3n) is 19.0. The number of carbonyl (C=O) groups excluding carboxylic acids is 11. The number of likely N-dealkylation sites (tertiary alicyclic amines) is 1. The quantitative estimate of drug-likeness (QED) is 0.0127. The van der Waals surface area contributed by atoms with Crippen LogP contribution in [0.15, 0.2) is 53.9 Å². The van der Waals surface area contributed by atoms with Gasteiger partial charge in [0.15, 0.2) is 6.73 Å². The number of benzene rings is 2. The molecule has 19 N–H and O–H groups in total. The number of carbonyl (C=O) groups is 17. The maximum absolute atomic E-state index is 14.8. The van der Waals surface area contributed by atoms with Gasteiger partial charge in [-0.05, 0) is 112 Å². The number of aromatic nitrogens is 1. The first-order chi connectivity index (χ1) is 56.8. The molecule has 4 rings (SSSR count). The molecule has 2 aromatic carbocycles. The number of likely N-dealkylation sites (N-methyl/N-ethyl adjacent to an activating group) is 1. The number of piperidine rings is 1. The van der Waals surface area contributed by atoms with Crippen molar-refractivity contribution in [2.24, 2.45) is 17.8 Å². The van der Waals surface area contributed by atoms with Crippen LogP contribution < -0.4 is 58.7 Å². The molecule has 44 heteroatoms. The average molecular weight is 1750 g/mol. The summed E-state index contributed by atoms with van der Waals surface area (Å²) in [7, 11) is 3.71. The Morgan fingerprint density at radius 1 is 0.633 bits per heavy atom. The monoisotopic (exact) mass is 1750 g/mol. The normalized spacial score (nSPS) is 15.3. The van der Waals surface area contributed by atoms with E-state index in [2.05, 4.69) is 58.4 Å². The van der Waals surface area contributed by atoms with Crippen molar-refractivity contribution in [3.05, 3.63) is 81.3 Å². The van der Waals surface area contributed by atoms with Crippen molar-refractivity contribution in [1.29, 1.82) is 0 Å². The van der Waals surface area contributed by atoms with E-state index in [1.807, 2.05) is 45.0 Å². The van der Waals surface area contributed by atoms with E-state index in [-0.39, 0.29) is 110 Å². The number of thiazole rings is 1. The molecule has 0 saturated carbocycles.